The van der Waals surface area contributed by atoms with Crippen molar-refractivity contribution < 1.29 is 0 Å². The summed E-state index contributed by atoms with van der Waals surface area (Å²) in [7, 11) is 0. The number of halogens is 4. The highest BCUT2D eigenvalue weighted by Crippen LogP contribution is 2.36. The van der Waals surface area contributed by atoms with Crippen molar-refractivity contribution in [3.63, 3.8) is 0 Å². The van der Waals surface area contributed by atoms with Crippen LogP contribution in [0.2, 0.25) is 15.1 Å². The lowest BCUT2D eigenvalue weighted by Crippen LogP contribution is -2.10. The van der Waals surface area contributed by atoms with Crippen LogP contribution in [0.15, 0.2) is 40.9 Å². The molecular formula is C15H13BrCl3N. The second-order valence-electron chi connectivity index (χ2n) is 4.40. The molecule has 2 rings (SSSR count). The number of benzene rings is 2. The van der Waals surface area contributed by atoms with Crippen LogP contribution in [0.1, 0.15) is 24.9 Å². The molecule has 106 valence electrons. The SMILES string of the molecule is CCC(Nc1c(Cl)cc(Cl)cc1Cl)c1cccc(Br)c1. The van der Waals surface area contributed by atoms with Gasteiger partial charge in [0.2, 0.25) is 0 Å². The maximum absolute atomic E-state index is 6.21. The van der Waals surface area contributed by atoms with Crippen molar-refractivity contribution >= 4 is 56.4 Å². The molecule has 0 aliphatic heterocycles. The van der Waals surface area contributed by atoms with E-state index >= 15 is 0 Å². The first-order valence-electron chi connectivity index (χ1n) is 6.17. The second kappa shape index (κ2) is 7.04. The molecule has 0 aliphatic carbocycles. The van der Waals surface area contributed by atoms with Crippen molar-refractivity contribution in [3.8, 4) is 0 Å². The van der Waals surface area contributed by atoms with Gasteiger partial charge >= 0.3 is 0 Å². The van der Waals surface area contributed by atoms with Crippen molar-refractivity contribution in [1.29, 1.82) is 0 Å². The van der Waals surface area contributed by atoms with Gasteiger partial charge in [-0.3, -0.25) is 0 Å². The summed E-state index contributed by atoms with van der Waals surface area (Å²) in [6, 6.07) is 11.7. The van der Waals surface area contributed by atoms with Gasteiger partial charge in [-0.05, 0) is 36.2 Å². The monoisotopic (exact) mass is 391 g/mol. The molecule has 2 aromatic rings. The molecule has 2 aromatic carbocycles. The average molecular weight is 394 g/mol. The van der Waals surface area contributed by atoms with E-state index in [1.807, 2.05) is 12.1 Å². The van der Waals surface area contributed by atoms with E-state index in [9.17, 15) is 0 Å². The fourth-order valence-electron chi connectivity index (χ4n) is 2.00. The number of nitrogens with one attached hydrogen (secondary N) is 1. The summed E-state index contributed by atoms with van der Waals surface area (Å²) >= 11 is 21.8. The standard InChI is InChI=1S/C15H13BrCl3N/c1-2-14(9-4-3-5-10(16)6-9)20-15-12(18)7-11(17)8-13(15)19/h3-8,14,20H,2H2,1H3. The Hall–Kier alpha value is -0.410. The number of hydrogen-bond donors (Lipinski definition) is 1. The third-order valence-electron chi connectivity index (χ3n) is 2.98. The van der Waals surface area contributed by atoms with Crippen molar-refractivity contribution in [2.24, 2.45) is 0 Å². The molecule has 1 unspecified atom stereocenters. The Morgan fingerprint density at radius 2 is 1.75 bits per heavy atom. The van der Waals surface area contributed by atoms with E-state index in [4.69, 9.17) is 34.8 Å². The van der Waals surface area contributed by atoms with Crippen LogP contribution in [0.3, 0.4) is 0 Å². The molecule has 0 heterocycles. The fraction of sp³-hybridized carbons (Fsp3) is 0.200. The Morgan fingerprint density at radius 1 is 1.10 bits per heavy atom. The molecule has 0 radical (unpaired) electrons. The molecule has 1 atom stereocenters. The molecule has 20 heavy (non-hydrogen) atoms. The Morgan fingerprint density at radius 3 is 2.30 bits per heavy atom. The quantitative estimate of drug-likeness (QED) is 0.591. The van der Waals surface area contributed by atoms with Gasteiger partial charge in [-0.2, -0.15) is 0 Å². The van der Waals surface area contributed by atoms with Gasteiger partial charge in [0.15, 0.2) is 0 Å². The summed E-state index contributed by atoms with van der Waals surface area (Å²) < 4.78 is 1.04. The first-order chi connectivity index (χ1) is 9.51. The van der Waals surface area contributed by atoms with Crippen molar-refractivity contribution in [3.05, 3.63) is 61.5 Å². The topological polar surface area (TPSA) is 12.0 Å². The lowest BCUT2D eigenvalue weighted by molar-refractivity contribution is 0.749. The van der Waals surface area contributed by atoms with Crippen LogP contribution < -0.4 is 5.32 Å². The third-order valence-corrected chi connectivity index (χ3v) is 4.29. The molecule has 0 saturated carbocycles. The van der Waals surface area contributed by atoms with Crippen LogP contribution >= 0.6 is 50.7 Å². The average Bonchev–Trinajstić information content (AvgIpc) is 2.38. The molecule has 0 aromatic heterocycles. The summed E-state index contributed by atoms with van der Waals surface area (Å²) in [6.07, 6.45) is 0.908. The van der Waals surface area contributed by atoms with Gasteiger partial charge in [0.25, 0.3) is 0 Å². The highest BCUT2D eigenvalue weighted by Gasteiger charge is 2.14. The number of hydrogen-bond acceptors (Lipinski definition) is 1. The van der Waals surface area contributed by atoms with E-state index in [0.29, 0.717) is 20.8 Å². The summed E-state index contributed by atoms with van der Waals surface area (Å²) in [5.74, 6) is 0. The van der Waals surface area contributed by atoms with E-state index in [1.54, 1.807) is 12.1 Å². The summed E-state index contributed by atoms with van der Waals surface area (Å²) in [5, 5.41) is 4.97. The van der Waals surface area contributed by atoms with Crippen LogP contribution in [0.4, 0.5) is 5.69 Å². The summed E-state index contributed by atoms with van der Waals surface area (Å²) in [4.78, 5) is 0. The van der Waals surface area contributed by atoms with E-state index in [1.165, 1.54) is 5.56 Å². The van der Waals surface area contributed by atoms with Crippen LogP contribution in [0.25, 0.3) is 0 Å². The first kappa shape index (κ1) is 16.0. The summed E-state index contributed by atoms with van der Waals surface area (Å²) in [6.45, 7) is 2.11. The van der Waals surface area contributed by atoms with Gasteiger partial charge in [-0.1, -0.05) is 69.8 Å². The smallest absolute Gasteiger partial charge is 0.0724 e. The minimum Gasteiger partial charge on any atom is -0.376 e. The lowest BCUT2D eigenvalue weighted by atomic mass is 10.0. The fourth-order valence-corrected chi connectivity index (χ4v) is 3.34. The van der Waals surface area contributed by atoms with Crippen LogP contribution in [-0.4, -0.2) is 0 Å². The third kappa shape index (κ3) is 3.82. The van der Waals surface area contributed by atoms with Crippen molar-refractivity contribution in [1.82, 2.24) is 0 Å². The second-order valence-corrected chi connectivity index (χ2v) is 6.57. The molecule has 0 saturated heterocycles. The lowest BCUT2D eigenvalue weighted by Gasteiger charge is -2.21. The minimum absolute atomic E-state index is 0.128. The van der Waals surface area contributed by atoms with Gasteiger partial charge in [0.05, 0.1) is 21.8 Å². The minimum atomic E-state index is 0.128. The molecule has 5 heteroatoms. The highest BCUT2D eigenvalue weighted by atomic mass is 79.9. The van der Waals surface area contributed by atoms with Crippen molar-refractivity contribution in [2.75, 3.05) is 5.32 Å². The molecule has 0 amide bonds. The van der Waals surface area contributed by atoms with Crippen LogP contribution in [0.5, 0.6) is 0 Å². The summed E-state index contributed by atoms with van der Waals surface area (Å²) in [5.41, 5.74) is 1.88. The Balaban J connectivity index is 2.32. The Kier molecular flexibility index (Phi) is 5.62. The van der Waals surface area contributed by atoms with Gasteiger partial charge in [0, 0.05) is 9.50 Å². The number of rotatable bonds is 4. The van der Waals surface area contributed by atoms with Crippen molar-refractivity contribution in [2.45, 2.75) is 19.4 Å². The molecule has 0 fully saturated rings. The zero-order valence-corrected chi connectivity index (χ0v) is 14.6. The largest absolute Gasteiger partial charge is 0.376 e. The highest BCUT2D eigenvalue weighted by molar-refractivity contribution is 9.10. The van der Waals surface area contributed by atoms with E-state index in [0.717, 1.165) is 10.9 Å². The zero-order valence-electron chi connectivity index (χ0n) is 10.8. The Bertz CT molecular complexity index is 593. The molecule has 1 N–H and O–H groups in total. The maximum Gasteiger partial charge on any atom is 0.0724 e. The van der Waals surface area contributed by atoms with Crippen LogP contribution in [-0.2, 0) is 0 Å². The van der Waals surface area contributed by atoms with Crippen LogP contribution in [0, 0.1) is 0 Å². The predicted octanol–water partition coefficient (Wildman–Crippen LogP) is 6.97. The molecular weight excluding hydrogens is 380 g/mol. The Labute approximate surface area is 142 Å². The van der Waals surface area contributed by atoms with Gasteiger partial charge in [-0.25, -0.2) is 0 Å². The van der Waals surface area contributed by atoms with E-state index in [-0.39, 0.29) is 6.04 Å². The van der Waals surface area contributed by atoms with E-state index in [2.05, 4.69) is 40.3 Å². The normalized spacial score (nSPS) is 12.2. The molecule has 1 nitrogen and oxygen atoms in total. The molecule has 0 spiro atoms. The van der Waals surface area contributed by atoms with E-state index < -0.39 is 0 Å². The van der Waals surface area contributed by atoms with Gasteiger partial charge < -0.3 is 5.32 Å². The molecule has 0 bridgehead atoms. The van der Waals surface area contributed by atoms with Gasteiger partial charge in [-0.15, -0.1) is 0 Å². The maximum atomic E-state index is 6.21. The predicted molar refractivity (Wildman–Crippen MR) is 92.3 cm³/mol. The molecule has 0 aliphatic rings. The number of anilines is 1. The zero-order chi connectivity index (χ0) is 14.7. The van der Waals surface area contributed by atoms with Gasteiger partial charge in [0.1, 0.15) is 0 Å². The first-order valence-corrected chi connectivity index (χ1v) is 8.10.